The Bertz CT molecular complexity index is 494. The van der Waals surface area contributed by atoms with Gasteiger partial charge < -0.3 is 15.8 Å². The van der Waals surface area contributed by atoms with Crippen LogP contribution in [0.25, 0.3) is 0 Å². The van der Waals surface area contributed by atoms with Crippen LogP contribution in [-0.2, 0) is 4.79 Å². The highest BCUT2D eigenvalue weighted by Crippen LogP contribution is 2.26. The average molecular weight is 339 g/mol. The molecular formula is C14H18ClF3N2O2. The number of amides is 1. The third kappa shape index (κ3) is 5.38. The summed E-state index contributed by atoms with van der Waals surface area (Å²) in [6.07, 6.45) is -1.84. The average Bonchev–Trinajstić information content (AvgIpc) is 2.83. The maximum atomic E-state index is 12.0. The zero-order chi connectivity index (χ0) is 15.5. The highest BCUT2D eigenvalue weighted by Gasteiger charge is 2.30. The molecular weight excluding hydrogens is 321 g/mol. The van der Waals surface area contributed by atoms with Crippen molar-refractivity contribution in [2.45, 2.75) is 31.5 Å². The van der Waals surface area contributed by atoms with Crippen molar-refractivity contribution in [2.24, 2.45) is 11.7 Å². The maximum Gasteiger partial charge on any atom is 0.422 e. The molecule has 0 aliphatic heterocycles. The number of ether oxygens (including phenoxy) is 1. The minimum atomic E-state index is -4.37. The summed E-state index contributed by atoms with van der Waals surface area (Å²) in [5.41, 5.74) is 6.36. The topological polar surface area (TPSA) is 64.4 Å². The zero-order valence-corrected chi connectivity index (χ0v) is 12.5. The lowest BCUT2D eigenvalue weighted by Crippen LogP contribution is -2.34. The largest absolute Gasteiger partial charge is 0.484 e. The fourth-order valence-corrected chi connectivity index (χ4v) is 2.35. The van der Waals surface area contributed by atoms with E-state index in [1.807, 2.05) is 0 Å². The molecule has 1 amide bonds. The van der Waals surface area contributed by atoms with Gasteiger partial charge in [-0.25, -0.2) is 0 Å². The summed E-state index contributed by atoms with van der Waals surface area (Å²) in [5.74, 6) is -0.252. The van der Waals surface area contributed by atoms with Crippen molar-refractivity contribution in [3.8, 4) is 5.75 Å². The number of halogens is 4. The van der Waals surface area contributed by atoms with Crippen molar-refractivity contribution in [1.82, 2.24) is 0 Å². The Morgan fingerprint density at radius 1 is 1.27 bits per heavy atom. The van der Waals surface area contributed by atoms with Gasteiger partial charge in [-0.05, 0) is 37.1 Å². The molecule has 2 atom stereocenters. The van der Waals surface area contributed by atoms with E-state index in [4.69, 9.17) is 5.73 Å². The number of nitrogens with two attached hydrogens (primary N) is 1. The molecule has 0 saturated heterocycles. The van der Waals surface area contributed by atoms with E-state index in [0.29, 0.717) is 5.69 Å². The first-order valence-electron chi connectivity index (χ1n) is 6.71. The summed E-state index contributed by atoms with van der Waals surface area (Å²) in [6, 6.07) is 5.65. The Morgan fingerprint density at radius 3 is 2.41 bits per heavy atom. The Hall–Kier alpha value is -1.47. The number of carbonyl (C=O) groups excluding carboxylic acids is 1. The number of rotatable bonds is 4. The maximum absolute atomic E-state index is 12.0. The van der Waals surface area contributed by atoms with Gasteiger partial charge >= 0.3 is 6.18 Å². The fraction of sp³-hybridized carbons (Fsp3) is 0.500. The van der Waals surface area contributed by atoms with E-state index in [1.54, 1.807) is 0 Å². The molecule has 2 rings (SSSR count). The Balaban J connectivity index is 0.00000242. The number of hydrogen-bond donors (Lipinski definition) is 2. The lowest BCUT2D eigenvalue weighted by atomic mass is 10.0. The van der Waals surface area contributed by atoms with Gasteiger partial charge in [-0.1, -0.05) is 6.42 Å². The SMILES string of the molecule is Cl.NC1CCCC1C(=O)Nc1ccc(OCC(F)(F)F)cc1. The summed E-state index contributed by atoms with van der Waals surface area (Å²) in [5, 5.41) is 2.72. The van der Waals surface area contributed by atoms with Crippen LogP contribution in [0.15, 0.2) is 24.3 Å². The van der Waals surface area contributed by atoms with Crippen LogP contribution in [0.3, 0.4) is 0 Å². The van der Waals surface area contributed by atoms with E-state index in [2.05, 4.69) is 10.1 Å². The molecule has 1 fully saturated rings. The van der Waals surface area contributed by atoms with Crippen LogP contribution in [0.5, 0.6) is 5.75 Å². The molecule has 0 radical (unpaired) electrons. The Morgan fingerprint density at radius 2 is 1.91 bits per heavy atom. The monoisotopic (exact) mass is 338 g/mol. The van der Waals surface area contributed by atoms with Crippen LogP contribution in [0.1, 0.15) is 19.3 Å². The second kappa shape index (κ2) is 7.69. The second-order valence-electron chi connectivity index (χ2n) is 5.12. The predicted molar refractivity (Wildman–Crippen MR) is 79.2 cm³/mol. The first-order valence-corrected chi connectivity index (χ1v) is 6.71. The number of hydrogen-bond acceptors (Lipinski definition) is 3. The minimum absolute atomic E-state index is 0. The number of benzene rings is 1. The van der Waals surface area contributed by atoms with E-state index in [9.17, 15) is 18.0 Å². The smallest absolute Gasteiger partial charge is 0.422 e. The van der Waals surface area contributed by atoms with Crippen LogP contribution in [0, 0.1) is 5.92 Å². The number of carbonyl (C=O) groups is 1. The van der Waals surface area contributed by atoms with Crippen LogP contribution in [0.2, 0.25) is 0 Å². The Labute approximate surface area is 132 Å². The quantitative estimate of drug-likeness (QED) is 0.886. The first kappa shape index (κ1) is 18.6. The highest BCUT2D eigenvalue weighted by molar-refractivity contribution is 5.93. The molecule has 0 bridgehead atoms. The molecule has 1 aromatic rings. The van der Waals surface area contributed by atoms with Crippen LogP contribution < -0.4 is 15.8 Å². The van der Waals surface area contributed by atoms with E-state index >= 15 is 0 Å². The predicted octanol–water partition coefficient (Wildman–Crippen LogP) is 3.12. The van der Waals surface area contributed by atoms with Crippen LogP contribution >= 0.6 is 12.4 Å². The van der Waals surface area contributed by atoms with Crippen molar-refractivity contribution in [2.75, 3.05) is 11.9 Å². The molecule has 4 nitrogen and oxygen atoms in total. The fourth-order valence-electron chi connectivity index (χ4n) is 2.35. The van der Waals surface area contributed by atoms with Gasteiger partial charge in [0.2, 0.25) is 5.91 Å². The number of anilines is 1. The molecule has 0 spiro atoms. The van der Waals surface area contributed by atoms with Crippen molar-refractivity contribution < 1.29 is 22.7 Å². The normalized spacial score (nSPS) is 21.1. The molecule has 1 saturated carbocycles. The summed E-state index contributed by atoms with van der Waals surface area (Å²) >= 11 is 0. The Kier molecular flexibility index (Phi) is 6.49. The van der Waals surface area contributed by atoms with Gasteiger partial charge in [-0.15, -0.1) is 12.4 Å². The van der Waals surface area contributed by atoms with Gasteiger partial charge in [0.25, 0.3) is 0 Å². The van der Waals surface area contributed by atoms with Crippen LogP contribution in [0.4, 0.5) is 18.9 Å². The van der Waals surface area contributed by atoms with Crippen molar-refractivity contribution in [1.29, 1.82) is 0 Å². The summed E-state index contributed by atoms with van der Waals surface area (Å²) in [6.45, 7) is -1.34. The van der Waals surface area contributed by atoms with E-state index in [0.717, 1.165) is 19.3 Å². The van der Waals surface area contributed by atoms with E-state index in [-0.39, 0.29) is 36.0 Å². The molecule has 124 valence electrons. The molecule has 1 aromatic carbocycles. The summed E-state index contributed by atoms with van der Waals surface area (Å²) < 4.78 is 40.6. The van der Waals surface area contributed by atoms with Gasteiger partial charge in [-0.2, -0.15) is 13.2 Å². The van der Waals surface area contributed by atoms with Gasteiger partial charge in [0.1, 0.15) is 5.75 Å². The van der Waals surface area contributed by atoms with Gasteiger partial charge in [0.05, 0.1) is 5.92 Å². The molecule has 1 aliphatic carbocycles. The number of alkyl halides is 3. The lowest BCUT2D eigenvalue weighted by molar-refractivity contribution is -0.153. The van der Waals surface area contributed by atoms with E-state index in [1.165, 1.54) is 24.3 Å². The minimum Gasteiger partial charge on any atom is -0.484 e. The zero-order valence-electron chi connectivity index (χ0n) is 11.7. The first-order chi connectivity index (χ1) is 9.85. The highest BCUT2D eigenvalue weighted by atomic mass is 35.5. The third-order valence-corrected chi connectivity index (χ3v) is 3.43. The van der Waals surface area contributed by atoms with Crippen molar-refractivity contribution in [3.05, 3.63) is 24.3 Å². The molecule has 22 heavy (non-hydrogen) atoms. The lowest BCUT2D eigenvalue weighted by Gasteiger charge is -2.15. The van der Waals surface area contributed by atoms with Crippen LogP contribution in [-0.4, -0.2) is 24.7 Å². The molecule has 3 N–H and O–H groups in total. The summed E-state index contributed by atoms with van der Waals surface area (Å²) in [4.78, 5) is 12.0. The third-order valence-electron chi connectivity index (χ3n) is 3.43. The van der Waals surface area contributed by atoms with Gasteiger partial charge in [0, 0.05) is 11.7 Å². The summed E-state index contributed by atoms with van der Waals surface area (Å²) in [7, 11) is 0. The van der Waals surface area contributed by atoms with E-state index < -0.39 is 12.8 Å². The standard InChI is InChI=1S/C14H17F3N2O2.ClH/c15-14(16,17)8-21-10-6-4-9(5-7-10)19-13(20)11-2-1-3-12(11)18;/h4-7,11-12H,1-3,8,18H2,(H,19,20);1H. The molecule has 0 heterocycles. The van der Waals surface area contributed by atoms with Gasteiger partial charge in [0.15, 0.2) is 6.61 Å². The van der Waals surface area contributed by atoms with Crippen molar-refractivity contribution >= 4 is 24.0 Å². The molecule has 1 aliphatic rings. The molecule has 2 unspecified atom stereocenters. The van der Waals surface area contributed by atoms with Crippen molar-refractivity contribution in [3.63, 3.8) is 0 Å². The van der Waals surface area contributed by atoms with Gasteiger partial charge in [-0.3, -0.25) is 4.79 Å². The molecule has 8 heteroatoms. The number of nitrogens with one attached hydrogen (secondary N) is 1. The molecule has 0 aromatic heterocycles. The second-order valence-corrected chi connectivity index (χ2v) is 5.12.